The molecule has 0 aliphatic carbocycles. The topological polar surface area (TPSA) is 113 Å². The van der Waals surface area contributed by atoms with Gasteiger partial charge in [-0.15, -0.1) is 0 Å². The minimum Gasteiger partial charge on any atom is -0.325 e. The van der Waals surface area contributed by atoms with Gasteiger partial charge in [0.05, 0.1) is 16.8 Å². The molecule has 3 aromatic rings. The minimum atomic E-state index is -3.81. The second kappa shape index (κ2) is 9.82. The van der Waals surface area contributed by atoms with E-state index in [-0.39, 0.29) is 4.90 Å². The Morgan fingerprint density at radius 3 is 2.12 bits per heavy atom. The molecule has 3 aromatic carbocycles. The lowest BCUT2D eigenvalue weighted by Gasteiger charge is -2.22. The van der Waals surface area contributed by atoms with Crippen LogP contribution in [0.15, 0.2) is 77.7 Å². The van der Waals surface area contributed by atoms with Gasteiger partial charge in [-0.05, 0) is 73.2 Å². The molecule has 33 heavy (non-hydrogen) atoms. The second-order valence-corrected chi connectivity index (χ2v) is 11.3. The standard InChI is InChI=1S/C22H22ClN3O5S2/c1-16-4-3-5-19(14-16)25-33(30,31)21-12-8-18(9-13-21)24-22(27)15-26(32(2,28)29)20-10-6-17(23)7-11-20/h3-14,25H,15H2,1-2H3,(H,24,27). The number of aryl methyl sites for hydroxylation is 1. The van der Waals surface area contributed by atoms with Crippen LogP contribution in [0.1, 0.15) is 5.56 Å². The number of rotatable bonds is 8. The van der Waals surface area contributed by atoms with Gasteiger partial charge in [-0.25, -0.2) is 16.8 Å². The van der Waals surface area contributed by atoms with Crippen LogP contribution in [-0.2, 0) is 24.8 Å². The van der Waals surface area contributed by atoms with Gasteiger partial charge in [0.1, 0.15) is 6.54 Å². The monoisotopic (exact) mass is 507 g/mol. The molecule has 174 valence electrons. The second-order valence-electron chi connectivity index (χ2n) is 7.29. The van der Waals surface area contributed by atoms with E-state index < -0.39 is 32.5 Å². The average molecular weight is 508 g/mol. The van der Waals surface area contributed by atoms with Crippen LogP contribution in [0.2, 0.25) is 5.02 Å². The molecule has 3 rings (SSSR count). The van der Waals surface area contributed by atoms with Crippen LogP contribution in [0.25, 0.3) is 0 Å². The number of halogens is 1. The number of benzene rings is 3. The highest BCUT2D eigenvalue weighted by Crippen LogP contribution is 2.22. The Kier molecular flexibility index (Phi) is 7.31. The predicted octanol–water partition coefficient (Wildman–Crippen LogP) is 3.85. The number of carbonyl (C=O) groups excluding carboxylic acids is 1. The Morgan fingerprint density at radius 2 is 1.55 bits per heavy atom. The number of carbonyl (C=O) groups is 1. The molecule has 0 unspecified atom stereocenters. The van der Waals surface area contributed by atoms with E-state index in [0.717, 1.165) is 16.1 Å². The maximum atomic E-state index is 12.6. The van der Waals surface area contributed by atoms with Crippen molar-refractivity contribution in [1.29, 1.82) is 0 Å². The van der Waals surface area contributed by atoms with E-state index in [4.69, 9.17) is 11.6 Å². The molecular weight excluding hydrogens is 486 g/mol. The van der Waals surface area contributed by atoms with Gasteiger partial charge in [-0.1, -0.05) is 23.7 Å². The highest BCUT2D eigenvalue weighted by molar-refractivity contribution is 7.92. The maximum absolute atomic E-state index is 12.6. The molecule has 8 nitrogen and oxygen atoms in total. The van der Waals surface area contributed by atoms with Gasteiger partial charge in [0.25, 0.3) is 10.0 Å². The van der Waals surface area contributed by atoms with E-state index in [1.54, 1.807) is 18.2 Å². The van der Waals surface area contributed by atoms with Crippen LogP contribution in [0.4, 0.5) is 17.1 Å². The Hall–Kier alpha value is -3.08. The van der Waals surface area contributed by atoms with Crippen LogP contribution in [0.5, 0.6) is 0 Å². The lowest BCUT2D eigenvalue weighted by atomic mass is 10.2. The third kappa shape index (κ3) is 6.70. The fourth-order valence-corrected chi connectivity index (χ4v) is 5.01. The highest BCUT2D eigenvalue weighted by Gasteiger charge is 2.21. The van der Waals surface area contributed by atoms with Crippen LogP contribution in [0.3, 0.4) is 0 Å². The van der Waals surface area contributed by atoms with Crippen molar-refractivity contribution in [2.45, 2.75) is 11.8 Å². The zero-order chi connectivity index (χ0) is 24.2. The van der Waals surface area contributed by atoms with Gasteiger partial charge in [0.15, 0.2) is 0 Å². The van der Waals surface area contributed by atoms with Crippen LogP contribution >= 0.6 is 11.6 Å². The molecule has 1 amide bonds. The Bertz CT molecular complexity index is 1360. The van der Waals surface area contributed by atoms with Crippen LogP contribution in [-0.4, -0.2) is 35.5 Å². The van der Waals surface area contributed by atoms with Crippen molar-refractivity contribution in [1.82, 2.24) is 0 Å². The summed E-state index contributed by atoms with van der Waals surface area (Å²) in [6.07, 6.45) is 0.996. The van der Waals surface area contributed by atoms with Crippen molar-refractivity contribution < 1.29 is 21.6 Å². The van der Waals surface area contributed by atoms with E-state index in [1.807, 2.05) is 13.0 Å². The summed E-state index contributed by atoms with van der Waals surface area (Å²) in [5, 5.41) is 3.01. The van der Waals surface area contributed by atoms with E-state index >= 15 is 0 Å². The first-order valence-corrected chi connectivity index (χ1v) is 13.4. The van der Waals surface area contributed by atoms with Gasteiger partial charge in [0, 0.05) is 16.4 Å². The third-order valence-corrected chi connectivity index (χ3v) is 7.31. The molecule has 0 aliphatic rings. The Balaban J connectivity index is 1.70. The fourth-order valence-electron chi connectivity index (χ4n) is 2.98. The van der Waals surface area contributed by atoms with Crippen LogP contribution < -0.4 is 14.3 Å². The summed E-state index contributed by atoms with van der Waals surface area (Å²) in [5.41, 5.74) is 1.96. The molecule has 0 atom stereocenters. The molecule has 11 heteroatoms. The van der Waals surface area contributed by atoms with E-state index in [1.165, 1.54) is 48.5 Å². The SMILES string of the molecule is Cc1cccc(NS(=O)(=O)c2ccc(NC(=O)CN(c3ccc(Cl)cc3)S(C)(=O)=O)cc2)c1. The number of hydrogen-bond donors (Lipinski definition) is 2. The minimum absolute atomic E-state index is 0.0148. The molecule has 2 N–H and O–H groups in total. The van der Waals surface area contributed by atoms with Crippen molar-refractivity contribution in [2.75, 3.05) is 27.1 Å². The zero-order valence-corrected chi connectivity index (χ0v) is 20.2. The molecule has 0 radical (unpaired) electrons. The Labute approximate surface area is 198 Å². The van der Waals surface area contributed by atoms with Gasteiger partial charge in [-0.2, -0.15) is 0 Å². The summed E-state index contributed by atoms with van der Waals surface area (Å²) in [5.74, 6) is -0.594. The van der Waals surface area contributed by atoms with Crippen molar-refractivity contribution in [2.24, 2.45) is 0 Å². The summed E-state index contributed by atoms with van der Waals surface area (Å²) >= 11 is 5.85. The summed E-state index contributed by atoms with van der Waals surface area (Å²) in [7, 11) is -7.55. The first-order chi connectivity index (χ1) is 15.4. The number of hydrogen-bond acceptors (Lipinski definition) is 5. The average Bonchev–Trinajstić information content (AvgIpc) is 2.72. The number of nitrogens with zero attached hydrogens (tertiary/aromatic N) is 1. The first kappa shape index (κ1) is 24.6. The van der Waals surface area contributed by atoms with Gasteiger partial charge in [0.2, 0.25) is 15.9 Å². The van der Waals surface area contributed by atoms with E-state index in [2.05, 4.69) is 10.0 Å². The van der Waals surface area contributed by atoms with Gasteiger partial charge >= 0.3 is 0 Å². The molecule has 0 saturated heterocycles. The molecule has 0 aromatic heterocycles. The third-order valence-electron chi connectivity index (χ3n) is 4.52. The van der Waals surface area contributed by atoms with Crippen molar-refractivity contribution >= 4 is 54.6 Å². The number of amides is 1. The molecular formula is C22H22ClN3O5S2. The van der Waals surface area contributed by atoms with Crippen molar-refractivity contribution in [3.05, 3.63) is 83.4 Å². The fraction of sp³-hybridized carbons (Fsp3) is 0.136. The Morgan fingerprint density at radius 1 is 0.909 bits per heavy atom. The largest absolute Gasteiger partial charge is 0.325 e. The normalized spacial score (nSPS) is 11.6. The van der Waals surface area contributed by atoms with Crippen molar-refractivity contribution in [3.8, 4) is 0 Å². The van der Waals surface area contributed by atoms with Gasteiger partial charge < -0.3 is 5.32 Å². The summed E-state index contributed by atoms with van der Waals surface area (Å²) in [4.78, 5) is 12.5. The molecule has 0 aliphatic heterocycles. The lowest BCUT2D eigenvalue weighted by Crippen LogP contribution is -2.37. The quantitative estimate of drug-likeness (QED) is 0.481. The summed E-state index contributed by atoms with van der Waals surface area (Å²) < 4.78 is 53.0. The highest BCUT2D eigenvalue weighted by atomic mass is 35.5. The number of nitrogens with one attached hydrogen (secondary N) is 2. The lowest BCUT2D eigenvalue weighted by molar-refractivity contribution is -0.114. The smallest absolute Gasteiger partial charge is 0.261 e. The summed E-state index contributed by atoms with van der Waals surface area (Å²) in [6.45, 7) is 1.39. The van der Waals surface area contributed by atoms with E-state index in [0.29, 0.717) is 22.1 Å². The van der Waals surface area contributed by atoms with Crippen LogP contribution in [0, 0.1) is 6.92 Å². The predicted molar refractivity (Wildman–Crippen MR) is 131 cm³/mol. The molecule has 0 fully saturated rings. The molecule has 0 spiro atoms. The summed E-state index contributed by atoms with van der Waals surface area (Å²) in [6, 6.07) is 18.5. The molecule has 0 bridgehead atoms. The van der Waals surface area contributed by atoms with Crippen molar-refractivity contribution in [3.63, 3.8) is 0 Å². The molecule has 0 heterocycles. The van der Waals surface area contributed by atoms with Gasteiger partial charge in [-0.3, -0.25) is 13.8 Å². The first-order valence-electron chi connectivity index (χ1n) is 9.67. The number of sulfonamides is 2. The van der Waals surface area contributed by atoms with E-state index in [9.17, 15) is 21.6 Å². The molecule has 0 saturated carbocycles. The zero-order valence-electron chi connectivity index (χ0n) is 17.8. The maximum Gasteiger partial charge on any atom is 0.261 e. The number of anilines is 3.